The van der Waals surface area contributed by atoms with Crippen LogP contribution in [0.15, 0.2) is 29.5 Å². The maximum Gasteiger partial charge on any atom is 0.205 e. The third-order valence-electron chi connectivity index (χ3n) is 2.97. The van der Waals surface area contributed by atoms with Gasteiger partial charge >= 0.3 is 0 Å². The molecule has 0 amide bonds. The number of hydrogen-bond acceptors (Lipinski definition) is 3. The zero-order chi connectivity index (χ0) is 14.3. The van der Waals surface area contributed by atoms with Crippen molar-refractivity contribution in [3.63, 3.8) is 0 Å². The van der Waals surface area contributed by atoms with Gasteiger partial charge in [-0.25, -0.2) is 4.99 Å². The number of nitrogens with zero attached hydrogens (tertiary/aromatic N) is 3. The Bertz CT molecular complexity index is 453. The van der Waals surface area contributed by atoms with Gasteiger partial charge in [0.25, 0.3) is 0 Å². The Morgan fingerprint density at radius 1 is 1.53 bits per heavy atom. The number of rotatable bonds is 3. The van der Waals surface area contributed by atoms with Crippen LogP contribution in [0.2, 0.25) is 0 Å². The largest absolute Gasteiger partial charge is 0.353 e. The van der Waals surface area contributed by atoms with E-state index in [0.29, 0.717) is 12.5 Å². The molecule has 0 fully saturated rings. The fourth-order valence-corrected chi connectivity index (χ4v) is 1.26. The summed E-state index contributed by atoms with van der Waals surface area (Å²) in [5, 5.41) is 14.6. The van der Waals surface area contributed by atoms with E-state index in [0.717, 1.165) is 5.56 Å². The van der Waals surface area contributed by atoms with Crippen LogP contribution in [0.25, 0.3) is 0 Å². The molecule has 1 heterocycles. The van der Waals surface area contributed by atoms with Crippen LogP contribution in [0, 0.1) is 16.9 Å². The van der Waals surface area contributed by atoms with Crippen LogP contribution in [0.1, 0.15) is 33.3 Å². The first-order chi connectivity index (χ1) is 8.93. The predicted octanol–water partition coefficient (Wildman–Crippen LogP) is 2.03. The summed E-state index contributed by atoms with van der Waals surface area (Å²) in [4.78, 5) is 8.40. The fraction of sp³-hybridized carbons (Fsp3) is 0.500. The third-order valence-corrected chi connectivity index (χ3v) is 2.97. The molecular formula is C14H21N5. The van der Waals surface area contributed by atoms with E-state index in [9.17, 15) is 0 Å². The number of nitriles is 1. The van der Waals surface area contributed by atoms with Crippen LogP contribution in [0.5, 0.6) is 0 Å². The van der Waals surface area contributed by atoms with Gasteiger partial charge in [0.05, 0.1) is 6.54 Å². The van der Waals surface area contributed by atoms with Crippen molar-refractivity contribution in [3.05, 3.63) is 30.1 Å². The Morgan fingerprint density at radius 3 is 2.79 bits per heavy atom. The van der Waals surface area contributed by atoms with Crippen molar-refractivity contribution in [3.8, 4) is 6.19 Å². The van der Waals surface area contributed by atoms with Gasteiger partial charge in [-0.15, -0.1) is 0 Å². The number of hydrogen-bond donors (Lipinski definition) is 2. The molecule has 1 aromatic rings. The van der Waals surface area contributed by atoms with Crippen molar-refractivity contribution in [2.45, 2.75) is 40.3 Å². The van der Waals surface area contributed by atoms with Gasteiger partial charge in [0, 0.05) is 18.4 Å². The minimum Gasteiger partial charge on any atom is -0.353 e. The molecule has 0 aliphatic carbocycles. The monoisotopic (exact) mass is 259 g/mol. The number of aliphatic imine (C=N–C) groups is 1. The molecule has 0 spiro atoms. The van der Waals surface area contributed by atoms with Crippen molar-refractivity contribution in [1.29, 1.82) is 5.26 Å². The summed E-state index contributed by atoms with van der Waals surface area (Å²) in [5.41, 5.74) is 1.09. The molecule has 1 aromatic heterocycles. The standard InChI is InChI=1S/C14H21N5/c1-11(14(2,3)4)19-13(18-10-15)17-9-12-6-5-7-16-8-12/h5-8,11H,9H2,1-4H3,(H2,17,18,19)/t11-/m0/s1. The molecule has 0 aromatic carbocycles. The van der Waals surface area contributed by atoms with Crippen LogP contribution in [0.4, 0.5) is 0 Å². The number of pyridine rings is 1. The highest BCUT2D eigenvalue weighted by Crippen LogP contribution is 2.18. The molecule has 1 rings (SSSR count). The molecular weight excluding hydrogens is 238 g/mol. The summed E-state index contributed by atoms with van der Waals surface area (Å²) in [6, 6.07) is 4.02. The van der Waals surface area contributed by atoms with Gasteiger partial charge in [-0.1, -0.05) is 26.8 Å². The maximum absolute atomic E-state index is 8.76. The van der Waals surface area contributed by atoms with Crippen LogP contribution >= 0.6 is 0 Å². The van der Waals surface area contributed by atoms with Gasteiger partial charge in [-0.2, -0.15) is 5.26 Å². The van der Waals surface area contributed by atoms with Crippen molar-refractivity contribution >= 4 is 5.96 Å². The van der Waals surface area contributed by atoms with Gasteiger partial charge in [0.1, 0.15) is 0 Å². The van der Waals surface area contributed by atoms with Gasteiger partial charge in [0.2, 0.25) is 5.96 Å². The SMILES string of the molecule is C[C@H](NC(=NCc1cccnc1)NC#N)C(C)(C)C. The molecule has 0 bridgehead atoms. The Morgan fingerprint density at radius 2 is 2.26 bits per heavy atom. The Balaban J connectivity index is 2.70. The van der Waals surface area contributed by atoms with E-state index in [2.05, 4.69) is 48.3 Å². The predicted molar refractivity (Wildman–Crippen MR) is 76.2 cm³/mol. The first-order valence-corrected chi connectivity index (χ1v) is 6.28. The Hall–Kier alpha value is -2.09. The molecule has 0 aliphatic heterocycles. The molecule has 0 radical (unpaired) electrons. The Labute approximate surface area is 114 Å². The lowest BCUT2D eigenvalue weighted by Gasteiger charge is -2.28. The average molecular weight is 259 g/mol. The fourth-order valence-electron chi connectivity index (χ4n) is 1.26. The summed E-state index contributed by atoms with van der Waals surface area (Å²) >= 11 is 0. The van der Waals surface area contributed by atoms with Crippen LogP contribution in [0.3, 0.4) is 0 Å². The molecule has 0 unspecified atom stereocenters. The molecule has 19 heavy (non-hydrogen) atoms. The first kappa shape index (κ1) is 15.0. The summed E-state index contributed by atoms with van der Waals surface area (Å²) in [7, 11) is 0. The normalized spacial score (nSPS) is 13.5. The highest BCUT2D eigenvalue weighted by molar-refractivity contribution is 5.81. The number of nitrogens with one attached hydrogen (secondary N) is 2. The molecule has 102 valence electrons. The minimum absolute atomic E-state index is 0.0895. The molecule has 2 N–H and O–H groups in total. The van der Waals surface area contributed by atoms with E-state index >= 15 is 0 Å². The van der Waals surface area contributed by atoms with Gasteiger partial charge < -0.3 is 5.32 Å². The summed E-state index contributed by atoms with van der Waals surface area (Å²) in [6.45, 7) is 8.96. The first-order valence-electron chi connectivity index (χ1n) is 6.28. The van der Waals surface area contributed by atoms with E-state index in [1.165, 1.54) is 0 Å². The molecule has 5 nitrogen and oxygen atoms in total. The minimum atomic E-state index is 0.0895. The zero-order valence-electron chi connectivity index (χ0n) is 11.9. The second-order valence-corrected chi connectivity index (χ2v) is 5.49. The van der Waals surface area contributed by atoms with Crippen molar-refractivity contribution in [1.82, 2.24) is 15.6 Å². The zero-order valence-corrected chi connectivity index (χ0v) is 11.9. The topological polar surface area (TPSA) is 73.1 Å². The van der Waals surface area contributed by atoms with E-state index < -0.39 is 0 Å². The van der Waals surface area contributed by atoms with Gasteiger partial charge in [-0.3, -0.25) is 10.3 Å². The van der Waals surface area contributed by atoms with E-state index in [1.54, 1.807) is 12.4 Å². The number of guanidine groups is 1. The maximum atomic E-state index is 8.76. The lowest BCUT2D eigenvalue weighted by Crippen LogP contribution is -2.46. The number of aromatic nitrogens is 1. The lowest BCUT2D eigenvalue weighted by molar-refractivity contribution is 0.314. The van der Waals surface area contributed by atoms with Crippen molar-refractivity contribution in [2.75, 3.05) is 0 Å². The van der Waals surface area contributed by atoms with E-state index in [1.807, 2.05) is 18.3 Å². The summed E-state index contributed by atoms with van der Waals surface area (Å²) < 4.78 is 0. The molecule has 0 saturated heterocycles. The van der Waals surface area contributed by atoms with E-state index in [4.69, 9.17) is 5.26 Å². The lowest BCUT2D eigenvalue weighted by atomic mass is 9.88. The van der Waals surface area contributed by atoms with Gasteiger partial charge in [-0.05, 0) is 24.0 Å². The second kappa shape index (κ2) is 6.74. The second-order valence-electron chi connectivity index (χ2n) is 5.49. The average Bonchev–Trinajstić information content (AvgIpc) is 2.36. The molecule has 5 heteroatoms. The van der Waals surface area contributed by atoms with Crippen LogP contribution in [-0.4, -0.2) is 17.0 Å². The molecule has 0 aliphatic rings. The smallest absolute Gasteiger partial charge is 0.205 e. The highest BCUT2D eigenvalue weighted by Gasteiger charge is 2.20. The van der Waals surface area contributed by atoms with Crippen molar-refractivity contribution < 1.29 is 0 Å². The summed E-state index contributed by atoms with van der Waals surface area (Å²) in [6.07, 6.45) is 5.39. The Kier molecular flexibility index (Phi) is 5.31. The van der Waals surface area contributed by atoms with Gasteiger partial charge in [0.15, 0.2) is 6.19 Å². The molecule has 0 saturated carbocycles. The highest BCUT2D eigenvalue weighted by atomic mass is 15.2. The van der Waals surface area contributed by atoms with E-state index in [-0.39, 0.29) is 11.5 Å². The van der Waals surface area contributed by atoms with Crippen molar-refractivity contribution in [2.24, 2.45) is 10.4 Å². The van der Waals surface area contributed by atoms with Crippen LogP contribution < -0.4 is 10.6 Å². The van der Waals surface area contributed by atoms with Crippen LogP contribution in [-0.2, 0) is 6.54 Å². The quantitative estimate of drug-likeness (QED) is 0.377. The summed E-state index contributed by atoms with van der Waals surface area (Å²) in [5.74, 6) is 0.494. The third kappa shape index (κ3) is 5.38. The molecule has 1 atom stereocenters.